The molecule has 0 radical (unpaired) electrons. The third-order valence-electron chi connectivity index (χ3n) is 2.85. The molecule has 4 nitrogen and oxygen atoms in total. The topological polar surface area (TPSA) is 58.4 Å². The monoisotopic (exact) mass is 235 g/mol. The molecule has 3 N–H and O–H groups in total. The van der Waals surface area contributed by atoms with E-state index in [-0.39, 0.29) is 5.91 Å². The summed E-state index contributed by atoms with van der Waals surface area (Å²) >= 11 is 0. The van der Waals surface area contributed by atoms with E-state index in [4.69, 9.17) is 5.73 Å². The molecule has 1 aromatic carbocycles. The fourth-order valence-corrected chi connectivity index (χ4v) is 1.61. The van der Waals surface area contributed by atoms with Crippen molar-refractivity contribution in [1.29, 1.82) is 0 Å². The van der Waals surface area contributed by atoms with Crippen LogP contribution in [-0.2, 0) is 0 Å². The van der Waals surface area contributed by atoms with Crippen LogP contribution in [0.5, 0.6) is 0 Å². The minimum atomic E-state index is -0.0925. The Labute approximate surface area is 103 Å². The van der Waals surface area contributed by atoms with Crippen LogP contribution in [0.2, 0.25) is 0 Å². The van der Waals surface area contributed by atoms with Crippen molar-refractivity contribution in [2.75, 3.05) is 32.4 Å². The molecule has 0 aromatic heterocycles. The highest BCUT2D eigenvalue weighted by Gasteiger charge is 2.11. The van der Waals surface area contributed by atoms with Gasteiger partial charge in [0.1, 0.15) is 0 Å². The third-order valence-corrected chi connectivity index (χ3v) is 2.85. The summed E-state index contributed by atoms with van der Waals surface area (Å²) in [5, 5.41) is 2.89. The highest BCUT2D eigenvalue weighted by molar-refractivity contribution is 6.00. The van der Waals surface area contributed by atoms with E-state index < -0.39 is 0 Å². The summed E-state index contributed by atoms with van der Waals surface area (Å²) in [6.07, 6.45) is 0. The van der Waals surface area contributed by atoms with Crippen molar-refractivity contribution in [3.63, 3.8) is 0 Å². The first-order valence-electron chi connectivity index (χ1n) is 5.88. The minimum absolute atomic E-state index is 0.0925. The van der Waals surface area contributed by atoms with Gasteiger partial charge in [0.2, 0.25) is 0 Å². The van der Waals surface area contributed by atoms with Crippen molar-refractivity contribution >= 4 is 11.6 Å². The van der Waals surface area contributed by atoms with Crippen LogP contribution in [0.3, 0.4) is 0 Å². The number of carbonyl (C=O) groups excluding carboxylic acids is 1. The second-order valence-electron chi connectivity index (χ2n) is 4.19. The van der Waals surface area contributed by atoms with Gasteiger partial charge in [-0.25, -0.2) is 0 Å². The Bertz CT molecular complexity index is 370. The van der Waals surface area contributed by atoms with Gasteiger partial charge in [0.25, 0.3) is 5.91 Å². The first kappa shape index (κ1) is 13.5. The van der Waals surface area contributed by atoms with E-state index in [0.717, 1.165) is 18.7 Å². The molecule has 0 saturated heterocycles. The summed E-state index contributed by atoms with van der Waals surface area (Å²) in [5.74, 6) is -0.0925. The zero-order valence-electron chi connectivity index (χ0n) is 10.8. The molecular formula is C13H21N3O. The van der Waals surface area contributed by atoms with Crippen molar-refractivity contribution in [2.45, 2.75) is 13.8 Å². The number of nitrogens with two attached hydrogens (primary N) is 1. The smallest absolute Gasteiger partial charge is 0.253 e. The van der Waals surface area contributed by atoms with Gasteiger partial charge in [0, 0.05) is 18.8 Å². The van der Waals surface area contributed by atoms with Gasteiger partial charge in [-0.2, -0.15) is 0 Å². The SMILES string of the molecule is CCN(C)CCNC(=O)c1c(C)cccc1N. The molecule has 4 heteroatoms. The molecule has 0 spiro atoms. The molecular weight excluding hydrogens is 214 g/mol. The van der Waals surface area contributed by atoms with Gasteiger partial charge in [-0.15, -0.1) is 0 Å². The van der Waals surface area contributed by atoms with E-state index in [2.05, 4.69) is 17.1 Å². The number of anilines is 1. The Balaban J connectivity index is 2.59. The lowest BCUT2D eigenvalue weighted by Gasteiger charge is -2.15. The number of benzene rings is 1. The van der Waals surface area contributed by atoms with Crippen LogP contribution in [0.4, 0.5) is 5.69 Å². The normalized spacial score (nSPS) is 10.6. The molecule has 0 aliphatic heterocycles. The Morgan fingerprint density at radius 1 is 1.47 bits per heavy atom. The molecule has 0 aliphatic carbocycles. The number of nitrogens with zero attached hydrogens (tertiary/aromatic N) is 1. The van der Waals surface area contributed by atoms with E-state index in [1.54, 1.807) is 6.07 Å². The molecule has 0 heterocycles. The van der Waals surface area contributed by atoms with Crippen LogP contribution in [0.25, 0.3) is 0 Å². The summed E-state index contributed by atoms with van der Waals surface area (Å²) in [7, 11) is 2.02. The van der Waals surface area contributed by atoms with Crippen LogP contribution in [0.15, 0.2) is 18.2 Å². The van der Waals surface area contributed by atoms with Crippen molar-refractivity contribution in [3.8, 4) is 0 Å². The molecule has 94 valence electrons. The largest absolute Gasteiger partial charge is 0.398 e. The quantitative estimate of drug-likeness (QED) is 0.755. The Morgan fingerprint density at radius 2 is 2.18 bits per heavy atom. The average molecular weight is 235 g/mol. The van der Waals surface area contributed by atoms with Crippen molar-refractivity contribution < 1.29 is 4.79 Å². The predicted octanol–water partition coefficient (Wildman–Crippen LogP) is 1.26. The molecule has 0 saturated carbocycles. The number of nitrogens with one attached hydrogen (secondary N) is 1. The van der Waals surface area contributed by atoms with Gasteiger partial charge in [-0.05, 0) is 32.1 Å². The zero-order chi connectivity index (χ0) is 12.8. The molecule has 1 rings (SSSR count). The summed E-state index contributed by atoms with van der Waals surface area (Å²) in [4.78, 5) is 14.1. The van der Waals surface area contributed by atoms with Gasteiger partial charge < -0.3 is 16.0 Å². The molecule has 1 amide bonds. The molecule has 1 aromatic rings. The molecule has 0 aliphatic rings. The van der Waals surface area contributed by atoms with Gasteiger partial charge in [-0.3, -0.25) is 4.79 Å². The second-order valence-corrected chi connectivity index (χ2v) is 4.19. The number of amides is 1. The van der Waals surface area contributed by atoms with Crippen molar-refractivity contribution in [3.05, 3.63) is 29.3 Å². The maximum atomic E-state index is 11.9. The lowest BCUT2D eigenvalue weighted by atomic mass is 10.1. The number of hydrogen-bond donors (Lipinski definition) is 2. The first-order valence-corrected chi connectivity index (χ1v) is 5.88. The number of aryl methyl sites for hydroxylation is 1. The standard InChI is InChI=1S/C13H21N3O/c1-4-16(3)9-8-15-13(17)12-10(2)6-5-7-11(12)14/h5-7H,4,8-9,14H2,1-3H3,(H,15,17). The molecule has 0 bridgehead atoms. The highest BCUT2D eigenvalue weighted by atomic mass is 16.1. The van der Waals surface area contributed by atoms with Gasteiger partial charge >= 0.3 is 0 Å². The first-order chi connectivity index (χ1) is 8.06. The maximum absolute atomic E-state index is 11.9. The zero-order valence-corrected chi connectivity index (χ0v) is 10.8. The maximum Gasteiger partial charge on any atom is 0.253 e. The number of nitrogen functional groups attached to an aromatic ring is 1. The second kappa shape index (κ2) is 6.25. The van der Waals surface area contributed by atoms with E-state index >= 15 is 0 Å². The van der Waals surface area contributed by atoms with Gasteiger partial charge in [0.05, 0.1) is 5.56 Å². The van der Waals surface area contributed by atoms with E-state index in [1.807, 2.05) is 26.1 Å². The number of hydrogen-bond acceptors (Lipinski definition) is 3. The predicted molar refractivity (Wildman–Crippen MR) is 71.1 cm³/mol. The van der Waals surface area contributed by atoms with E-state index in [0.29, 0.717) is 17.8 Å². The highest BCUT2D eigenvalue weighted by Crippen LogP contribution is 2.15. The minimum Gasteiger partial charge on any atom is -0.398 e. The number of likely N-dealkylation sites (N-methyl/N-ethyl adjacent to an activating group) is 1. The van der Waals surface area contributed by atoms with Crippen molar-refractivity contribution in [2.24, 2.45) is 0 Å². The lowest BCUT2D eigenvalue weighted by Crippen LogP contribution is -2.33. The van der Waals surface area contributed by atoms with Crippen LogP contribution in [-0.4, -0.2) is 37.5 Å². The van der Waals surface area contributed by atoms with E-state index in [9.17, 15) is 4.79 Å². The fourth-order valence-electron chi connectivity index (χ4n) is 1.61. The van der Waals surface area contributed by atoms with Crippen LogP contribution >= 0.6 is 0 Å². The van der Waals surface area contributed by atoms with Gasteiger partial charge in [0.15, 0.2) is 0 Å². The van der Waals surface area contributed by atoms with Crippen LogP contribution in [0, 0.1) is 6.92 Å². The molecule has 0 atom stereocenters. The van der Waals surface area contributed by atoms with Crippen LogP contribution in [0.1, 0.15) is 22.8 Å². The Morgan fingerprint density at radius 3 is 2.76 bits per heavy atom. The van der Waals surface area contributed by atoms with Crippen molar-refractivity contribution in [1.82, 2.24) is 10.2 Å². The summed E-state index contributed by atoms with van der Waals surface area (Å²) < 4.78 is 0. The third kappa shape index (κ3) is 3.75. The number of rotatable bonds is 5. The van der Waals surface area contributed by atoms with Crippen LogP contribution < -0.4 is 11.1 Å². The fraction of sp³-hybridized carbons (Fsp3) is 0.462. The molecule has 0 fully saturated rings. The Kier molecular flexibility index (Phi) is 4.97. The van der Waals surface area contributed by atoms with E-state index in [1.165, 1.54) is 0 Å². The number of carbonyl (C=O) groups is 1. The summed E-state index contributed by atoms with van der Waals surface area (Å²) in [6.45, 7) is 6.43. The average Bonchev–Trinajstić information content (AvgIpc) is 2.28. The van der Waals surface area contributed by atoms with Gasteiger partial charge in [-0.1, -0.05) is 19.1 Å². The Hall–Kier alpha value is -1.55. The summed E-state index contributed by atoms with van der Waals surface area (Å²) in [6, 6.07) is 5.50. The molecule has 0 unspecified atom stereocenters. The summed E-state index contributed by atoms with van der Waals surface area (Å²) in [5.41, 5.74) is 7.84. The lowest BCUT2D eigenvalue weighted by molar-refractivity contribution is 0.0950. The molecule has 17 heavy (non-hydrogen) atoms.